The summed E-state index contributed by atoms with van der Waals surface area (Å²) in [5, 5.41) is 0. The Balaban J connectivity index is 1.84. The highest BCUT2D eigenvalue weighted by atomic mass is 16.7. The van der Waals surface area contributed by atoms with E-state index < -0.39 is 5.79 Å². The van der Waals surface area contributed by atoms with Gasteiger partial charge in [-0.2, -0.15) is 0 Å². The lowest BCUT2D eigenvalue weighted by Crippen LogP contribution is -2.51. The van der Waals surface area contributed by atoms with Crippen LogP contribution < -0.4 is 0 Å². The molecule has 0 bridgehead atoms. The van der Waals surface area contributed by atoms with E-state index in [-0.39, 0.29) is 11.4 Å². The molecule has 0 amide bonds. The van der Waals surface area contributed by atoms with Crippen LogP contribution in [0.3, 0.4) is 0 Å². The highest BCUT2D eigenvalue weighted by Crippen LogP contribution is 2.46. The Kier molecular flexibility index (Phi) is 2.23. The average molecular weight is 222 g/mol. The molecule has 1 heterocycles. The van der Waals surface area contributed by atoms with E-state index in [1.807, 2.05) is 6.92 Å². The molecule has 1 spiro atoms. The second-order valence-corrected chi connectivity index (χ2v) is 5.41. The molecule has 0 radical (unpaired) electrons. The maximum absolute atomic E-state index is 11.5. The number of fused-ring (bicyclic) bond motifs is 1. The van der Waals surface area contributed by atoms with Crippen LogP contribution in [0.4, 0.5) is 0 Å². The van der Waals surface area contributed by atoms with E-state index in [4.69, 9.17) is 9.47 Å². The number of allylic oxidation sites excluding steroid dienone is 1. The van der Waals surface area contributed by atoms with Crippen LogP contribution in [-0.4, -0.2) is 23.8 Å². The molecule has 16 heavy (non-hydrogen) atoms. The standard InChI is InChI=1S/C13H18O3/c1-12-8-11(14)7-10(12)9-15-13(16-12)5-3-2-4-6-13/h7H,2-6,8-9H2,1H3/t12-/m0/s1. The van der Waals surface area contributed by atoms with Crippen molar-refractivity contribution in [1.29, 1.82) is 0 Å². The van der Waals surface area contributed by atoms with E-state index in [0.29, 0.717) is 13.0 Å². The van der Waals surface area contributed by atoms with Gasteiger partial charge in [-0.1, -0.05) is 6.42 Å². The summed E-state index contributed by atoms with van der Waals surface area (Å²) in [6, 6.07) is 0. The quantitative estimate of drug-likeness (QED) is 0.631. The summed E-state index contributed by atoms with van der Waals surface area (Å²) in [4.78, 5) is 11.5. The fraction of sp³-hybridized carbons (Fsp3) is 0.769. The fourth-order valence-corrected chi connectivity index (χ4v) is 3.13. The van der Waals surface area contributed by atoms with Gasteiger partial charge in [-0.25, -0.2) is 0 Å². The summed E-state index contributed by atoms with van der Waals surface area (Å²) < 4.78 is 12.1. The Morgan fingerprint density at radius 3 is 2.75 bits per heavy atom. The highest BCUT2D eigenvalue weighted by Gasteiger charge is 2.50. The Morgan fingerprint density at radius 1 is 1.25 bits per heavy atom. The molecule has 1 aliphatic heterocycles. The smallest absolute Gasteiger partial charge is 0.169 e. The summed E-state index contributed by atoms with van der Waals surface area (Å²) in [5.74, 6) is -0.219. The molecule has 0 N–H and O–H groups in total. The molecule has 1 atom stereocenters. The summed E-state index contributed by atoms with van der Waals surface area (Å²) in [6.45, 7) is 2.60. The molecule has 0 aromatic carbocycles. The van der Waals surface area contributed by atoms with Crippen LogP contribution in [0.1, 0.15) is 45.4 Å². The molecule has 3 heteroatoms. The van der Waals surface area contributed by atoms with Crippen molar-refractivity contribution in [2.45, 2.75) is 56.8 Å². The van der Waals surface area contributed by atoms with Crippen molar-refractivity contribution in [3.05, 3.63) is 11.6 Å². The second-order valence-electron chi connectivity index (χ2n) is 5.41. The molecule has 3 aliphatic rings. The molecule has 0 aromatic rings. The van der Waals surface area contributed by atoms with Crippen LogP contribution in [0.25, 0.3) is 0 Å². The van der Waals surface area contributed by atoms with Gasteiger partial charge in [-0.3, -0.25) is 4.79 Å². The van der Waals surface area contributed by atoms with E-state index >= 15 is 0 Å². The third-order valence-electron chi connectivity index (χ3n) is 4.04. The molecule has 0 unspecified atom stereocenters. The zero-order chi connectivity index (χ0) is 11.2. The molecular weight excluding hydrogens is 204 g/mol. The Bertz CT molecular complexity index is 352. The first-order valence-corrected chi connectivity index (χ1v) is 6.20. The van der Waals surface area contributed by atoms with Gasteiger partial charge in [0.1, 0.15) is 0 Å². The monoisotopic (exact) mass is 222 g/mol. The van der Waals surface area contributed by atoms with Gasteiger partial charge in [0, 0.05) is 19.3 Å². The van der Waals surface area contributed by atoms with Crippen LogP contribution in [-0.2, 0) is 14.3 Å². The number of carbonyl (C=O) groups excluding carboxylic acids is 1. The minimum absolute atomic E-state index is 0.175. The van der Waals surface area contributed by atoms with Crippen molar-refractivity contribution in [2.24, 2.45) is 0 Å². The molecule has 1 saturated carbocycles. The zero-order valence-corrected chi connectivity index (χ0v) is 9.75. The normalized spacial score (nSPS) is 37.3. The predicted octanol–water partition coefficient (Wildman–Crippen LogP) is 2.35. The highest BCUT2D eigenvalue weighted by molar-refractivity contribution is 5.95. The van der Waals surface area contributed by atoms with Gasteiger partial charge in [0.05, 0.1) is 12.2 Å². The van der Waals surface area contributed by atoms with E-state index in [2.05, 4.69) is 0 Å². The van der Waals surface area contributed by atoms with Crippen molar-refractivity contribution in [2.75, 3.05) is 6.61 Å². The van der Waals surface area contributed by atoms with Crippen LogP contribution in [0.5, 0.6) is 0 Å². The lowest BCUT2D eigenvalue weighted by Gasteiger charge is -2.47. The van der Waals surface area contributed by atoms with Crippen molar-refractivity contribution >= 4 is 5.78 Å². The first-order chi connectivity index (χ1) is 7.62. The third kappa shape index (κ3) is 1.54. The number of rotatable bonds is 0. The topological polar surface area (TPSA) is 35.5 Å². The van der Waals surface area contributed by atoms with Gasteiger partial charge < -0.3 is 9.47 Å². The molecule has 2 fully saturated rings. The number of hydrogen-bond acceptors (Lipinski definition) is 3. The summed E-state index contributed by atoms with van der Waals surface area (Å²) in [5.41, 5.74) is 0.640. The molecule has 2 aliphatic carbocycles. The van der Waals surface area contributed by atoms with E-state index in [1.54, 1.807) is 6.08 Å². The second kappa shape index (κ2) is 3.41. The first kappa shape index (κ1) is 10.5. The van der Waals surface area contributed by atoms with E-state index in [9.17, 15) is 4.79 Å². The summed E-state index contributed by atoms with van der Waals surface area (Å²) in [7, 11) is 0. The first-order valence-electron chi connectivity index (χ1n) is 6.20. The maximum Gasteiger partial charge on any atom is 0.169 e. The number of carbonyl (C=O) groups is 1. The number of ether oxygens (including phenoxy) is 2. The third-order valence-corrected chi connectivity index (χ3v) is 4.04. The predicted molar refractivity (Wildman–Crippen MR) is 59.0 cm³/mol. The van der Waals surface area contributed by atoms with Crippen LogP contribution >= 0.6 is 0 Å². The number of ketones is 1. The molecule has 88 valence electrons. The fourth-order valence-electron chi connectivity index (χ4n) is 3.13. The molecular formula is C13H18O3. The van der Waals surface area contributed by atoms with Gasteiger partial charge in [-0.15, -0.1) is 0 Å². The number of hydrogen-bond donors (Lipinski definition) is 0. The van der Waals surface area contributed by atoms with Gasteiger partial charge >= 0.3 is 0 Å². The van der Waals surface area contributed by atoms with E-state index in [1.165, 1.54) is 19.3 Å². The molecule has 0 aromatic heterocycles. The average Bonchev–Trinajstić information content (AvgIpc) is 2.52. The molecule has 1 saturated heterocycles. The largest absolute Gasteiger partial charge is 0.345 e. The SMILES string of the molecule is C[C@]12CC(=O)C=C1COC1(CCCCC1)O2. The van der Waals surface area contributed by atoms with Crippen LogP contribution in [0.2, 0.25) is 0 Å². The van der Waals surface area contributed by atoms with Gasteiger partial charge in [0.25, 0.3) is 0 Å². The van der Waals surface area contributed by atoms with Crippen molar-refractivity contribution in [1.82, 2.24) is 0 Å². The summed E-state index contributed by atoms with van der Waals surface area (Å²) in [6.07, 6.45) is 7.76. The minimum atomic E-state index is -0.394. The zero-order valence-electron chi connectivity index (χ0n) is 9.75. The Morgan fingerprint density at radius 2 is 2.00 bits per heavy atom. The minimum Gasteiger partial charge on any atom is -0.345 e. The molecule has 3 rings (SSSR count). The Labute approximate surface area is 95.8 Å². The van der Waals surface area contributed by atoms with Gasteiger partial charge in [0.15, 0.2) is 11.6 Å². The van der Waals surface area contributed by atoms with Crippen LogP contribution in [0.15, 0.2) is 11.6 Å². The maximum atomic E-state index is 11.5. The van der Waals surface area contributed by atoms with Gasteiger partial charge in [0.2, 0.25) is 0 Å². The lowest BCUT2D eigenvalue weighted by atomic mass is 9.89. The Hall–Kier alpha value is -0.670. The lowest BCUT2D eigenvalue weighted by molar-refractivity contribution is -0.310. The van der Waals surface area contributed by atoms with Gasteiger partial charge in [-0.05, 0) is 31.4 Å². The summed E-state index contributed by atoms with van der Waals surface area (Å²) >= 11 is 0. The van der Waals surface area contributed by atoms with Crippen molar-refractivity contribution in [3.63, 3.8) is 0 Å². The molecule has 3 nitrogen and oxygen atoms in total. The van der Waals surface area contributed by atoms with E-state index in [0.717, 1.165) is 18.4 Å². The van der Waals surface area contributed by atoms with Crippen LogP contribution in [0, 0.1) is 0 Å². The van der Waals surface area contributed by atoms with Crippen molar-refractivity contribution in [3.8, 4) is 0 Å². The van der Waals surface area contributed by atoms with Crippen molar-refractivity contribution < 1.29 is 14.3 Å².